The van der Waals surface area contributed by atoms with E-state index in [1.54, 1.807) is 37.5 Å². The Balaban J connectivity index is 1.92. The molecule has 1 saturated heterocycles. The van der Waals surface area contributed by atoms with Crippen LogP contribution in [-0.4, -0.2) is 31.6 Å². The SMILES string of the molecule is Cc1ccccc1Oc1nc2ccccn2c(=O)c1/C=C1/SC(=S)N(C)C1=O. The minimum atomic E-state index is -0.324. The van der Waals surface area contributed by atoms with E-state index in [2.05, 4.69) is 4.98 Å². The van der Waals surface area contributed by atoms with E-state index in [0.29, 0.717) is 20.6 Å². The van der Waals surface area contributed by atoms with E-state index in [1.807, 2.05) is 25.1 Å². The molecule has 0 aliphatic carbocycles. The fourth-order valence-corrected chi connectivity index (χ4v) is 3.90. The molecule has 140 valence electrons. The van der Waals surface area contributed by atoms with E-state index >= 15 is 0 Å². The van der Waals surface area contributed by atoms with Gasteiger partial charge in [0, 0.05) is 13.2 Å². The van der Waals surface area contributed by atoms with Crippen molar-refractivity contribution in [2.75, 3.05) is 7.05 Å². The molecule has 6 nitrogen and oxygen atoms in total. The highest BCUT2D eigenvalue weighted by Gasteiger charge is 2.30. The van der Waals surface area contributed by atoms with E-state index in [1.165, 1.54) is 15.4 Å². The maximum atomic E-state index is 13.1. The Morgan fingerprint density at radius 2 is 1.89 bits per heavy atom. The van der Waals surface area contributed by atoms with E-state index in [4.69, 9.17) is 17.0 Å². The third-order valence-electron chi connectivity index (χ3n) is 4.30. The fourth-order valence-electron chi connectivity index (χ4n) is 2.74. The Labute approximate surface area is 170 Å². The maximum Gasteiger partial charge on any atom is 0.269 e. The average molecular weight is 409 g/mol. The van der Waals surface area contributed by atoms with Crippen molar-refractivity contribution in [3.8, 4) is 11.6 Å². The van der Waals surface area contributed by atoms with E-state index in [-0.39, 0.29) is 22.9 Å². The summed E-state index contributed by atoms with van der Waals surface area (Å²) < 4.78 is 7.85. The second-order valence-corrected chi connectivity index (χ2v) is 7.85. The quantitative estimate of drug-likeness (QED) is 0.486. The fraction of sp³-hybridized carbons (Fsp3) is 0.100. The van der Waals surface area contributed by atoms with Gasteiger partial charge in [0.15, 0.2) is 0 Å². The molecule has 0 bridgehead atoms. The number of rotatable bonds is 3. The Morgan fingerprint density at radius 3 is 2.61 bits per heavy atom. The lowest BCUT2D eigenvalue weighted by Gasteiger charge is -2.11. The number of thioether (sulfide) groups is 1. The monoisotopic (exact) mass is 409 g/mol. The lowest BCUT2D eigenvalue weighted by molar-refractivity contribution is -0.121. The smallest absolute Gasteiger partial charge is 0.269 e. The van der Waals surface area contributed by atoms with Crippen LogP contribution in [-0.2, 0) is 4.79 Å². The molecule has 1 aromatic carbocycles. The number of hydrogen-bond donors (Lipinski definition) is 0. The number of aromatic nitrogens is 2. The zero-order chi connectivity index (χ0) is 19.8. The van der Waals surface area contributed by atoms with E-state index in [9.17, 15) is 9.59 Å². The molecule has 0 atom stereocenters. The molecule has 8 heteroatoms. The lowest BCUT2D eigenvalue weighted by Crippen LogP contribution is -2.23. The molecule has 0 spiro atoms. The van der Waals surface area contributed by atoms with Crippen molar-refractivity contribution in [3.05, 3.63) is 75.0 Å². The predicted molar refractivity (Wildman–Crippen MR) is 114 cm³/mol. The van der Waals surface area contributed by atoms with Crippen molar-refractivity contribution in [2.45, 2.75) is 6.92 Å². The van der Waals surface area contributed by atoms with Gasteiger partial charge in [-0.05, 0) is 36.8 Å². The van der Waals surface area contributed by atoms with Gasteiger partial charge < -0.3 is 4.74 Å². The standard InChI is InChI=1S/C20H15N3O3S2/c1-12-7-3-4-8-14(12)26-17-13(11-15-19(25)22(2)20(27)28-15)18(24)23-10-6-5-9-16(23)21-17/h3-11H,1-2H3/b15-11+. The number of carbonyl (C=O) groups excluding carboxylic acids is 1. The molecule has 2 aromatic heterocycles. The molecule has 4 rings (SSSR count). The third-order valence-corrected chi connectivity index (χ3v) is 5.78. The first kappa shape index (κ1) is 18.4. The number of ether oxygens (including phenoxy) is 1. The number of amides is 1. The first-order valence-corrected chi connectivity index (χ1v) is 9.64. The summed E-state index contributed by atoms with van der Waals surface area (Å²) in [6, 6.07) is 12.7. The first-order valence-electron chi connectivity index (χ1n) is 8.42. The Hall–Kier alpha value is -2.97. The number of nitrogens with zero attached hydrogens (tertiary/aromatic N) is 3. The molecule has 0 unspecified atom stereocenters. The van der Waals surface area contributed by atoms with Crippen LogP contribution in [0.25, 0.3) is 11.7 Å². The van der Waals surface area contributed by atoms with Gasteiger partial charge in [-0.1, -0.05) is 48.2 Å². The van der Waals surface area contributed by atoms with Gasteiger partial charge >= 0.3 is 0 Å². The van der Waals surface area contributed by atoms with E-state index < -0.39 is 0 Å². The number of carbonyl (C=O) groups is 1. The largest absolute Gasteiger partial charge is 0.438 e. The van der Waals surface area contributed by atoms with Gasteiger partial charge in [-0.3, -0.25) is 18.9 Å². The van der Waals surface area contributed by atoms with Gasteiger partial charge in [0.05, 0.1) is 4.91 Å². The van der Waals surface area contributed by atoms with Crippen LogP contribution in [0, 0.1) is 6.92 Å². The van der Waals surface area contributed by atoms with Gasteiger partial charge in [-0.25, -0.2) is 0 Å². The van der Waals surface area contributed by atoms with Crippen LogP contribution >= 0.6 is 24.0 Å². The van der Waals surface area contributed by atoms with Gasteiger partial charge in [0.2, 0.25) is 5.88 Å². The Morgan fingerprint density at radius 1 is 1.14 bits per heavy atom. The highest BCUT2D eigenvalue weighted by molar-refractivity contribution is 8.26. The lowest BCUT2D eigenvalue weighted by atomic mass is 10.2. The van der Waals surface area contributed by atoms with Crippen molar-refractivity contribution < 1.29 is 9.53 Å². The summed E-state index contributed by atoms with van der Waals surface area (Å²) in [6.07, 6.45) is 3.13. The van der Waals surface area contributed by atoms with Crippen molar-refractivity contribution in [1.82, 2.24) is 14.3 Å². The van der Waals surface area contributed by atoms with Crippen LogP contribution in [0.3, 0.4) is 0 Å². The highest BCUT2D eigenvalue weighted by atomic mass is 32.2. The third kappa shape index (κ3) is 3.21. The topological polar surface area (TPSA) is 63.9 Å². The molecule has 1 aliphatic rings. The Kier molecular flexibility index (Phi) is 4.74. The zero-order valence-electron chi connectivity index (χ0n) is 15.1. The number of likely N-dealkylation sites (N-methyl/N-ethyl adjacent to an activating group) is 1. The molecule has 1 fully saturated rings. The van der Waals surface area contributed by atoms with Crippen molar-refractivity contribution in [2.24, 2.45) is 0 Å². The molecule has 0 saturated carbocycles. The number of benzene rings is 1. The average Bonchev–Trinajstić information content (AvgIpc) is 2.93. The predicted octanol–water partition coefficient (Wildman–Crippen LogP) is 3.63. The molecule has 0 radical (unpaired) electrons. The van der Waals surface area contributed by atoms with Crippen LogP contribution in [0.1, 0.15) is 11.1 Å². The van der Waals surface area contributed by atoms with Crippen molar-refractivity contribution in [1.29, 1.82) is 0 Å². The summed E-state index contributed by atoms with van der Waals surface area (Å²) in [5.74, 6) is 0.480. The molecule has 3 heterocycles. The number of para-hydroxylation sites is 1. The molecular formula is C20H15N3O3S2. The van der Waals surface area contributed by atoms with Gasteiger partial charge in [-0.15, -0.1) is 0 Å². The highest BCUT2D eigenvalue weighted by Crippen LogP contribution is 2.33. The van der Waals surface area contributed by atoms with Gasteiger partial charge in [-0.2, -0.15) is 4.98 Å². The summed E-state index contributed by atoms with van der Waals surface area (Å²) in [7, 11) is 1.61. The number of thiocarbonyl (C=S) groups is 1. The molecular weight excluding hydrogens is 394 g/mol. The number of pyridine rings is 1. The molecule has 3 aromatic rings. The van der Waals surface area contributed by atoms with Crippen LogP contribution < -0.4 is 10.3 Å². The van der Waals surface area contributed by atoms with Gasteiger partial charge in [0.1, 0.15) is 21.3 Å². The summed E-state index contributed by atoms with van der Waals surface area (Å²) in [6.45, 7) is 1.91. The number of fused-ring (bicyclic) bond motifs is 1. The van der Waals surface area contributed by atoms with Crippen LogP contribution in [0.5, 0.6) is 11.6 Å². The molecule has 1 amide bonds. The second-order valence-electron chi connectivity index (χ2n) is 6.17. The zero-order valence-corrected chi connectivity index (χ0v) is 16.7. The Bertz CT molecular complexity index is 1220. The van der Waals surface area contributed by atoms with Crippen LogP contribution in [0.15, 0.2) is 58.4 Å². The van der Waals surface area contributed by atoms with Crippen molar-refractivity contribution in [3.63, 3.8) is 0 Å². The number of aryl methyl sites for hydroxylation is 1. The maximum absolute atomic E-state index is 13.1. The number of hydrogen-bond acceptors (Lipinski definition) is 6. The first-order chi connectivity index (χ1) is 13.5. The summed E-state index contributed by atoms with van der Waals surface area (Å²) >= 11 is 6.32. The van der Waals surface area contributed by atoms with Crippen molar-refractivity contribution >= 4 is 45.9 Å². The second kappa shape index (κ2) is 7.21. The minimum absolute atomic E-state index is 0.145. The molecule has 1 aliphatic heterocycles. The van der Waals surface area contributed by atoms with E-state index in [0.717, 1.165) is 17.3 Å². The normalized spacial score (nSPS) is 15.6. The van der Waals surface area contributed by atoms with Crippen LogP contribution in [0.4, 0.5) is 0 Å². The summed E-state index contributed by atoms with van der Waals surface area (Å²) in [5, 5.41) is 0. The summed E-state index contributed by atoms with van der Waals surface area (Å²) in [4.78, 5) is 31.8. The van der Waals surface area contributed by atoms with Gasteiger partial charge in [0.25, 0.3) is 11.5 Å². The minimum Gasteiger partial charge on any atom is -0.438 e. The molecule has 28 heavy (non-hydrogen) atoms. The van der Waals surface area contributed by atoms with Crippen LogP contribution in [0.2, 0.25) is 0 Å². The molecule has 0 N–H and O–H groups in total. The summed E-state index contributed by atoms with van der Waals surface area (Å²) in [5.41, 5.74) is 1.23.